The van der Waals surface area contributed by atoms with Crippen molar-refractivity contribution in [2.45, 2.75) is 19.4 Å². The smallest absolute Gasteiger partial charge is 0.272 e. The van der Waals surface area contributed by atoms with Crippen LogP contribution < -0.4 is 10.6 Å². The minimum Gasteiger partial charge on any atom is -0.376 e. The molecule has 2 aromatic rings. The summed E-state index contributed by atoms with van der Waals surface area (Å²) in [7, 11) is 1.75. The lowest BCUT2D eigenvalue weighted by Gasteiger charge is -2.39. The Labute approximate surface area is 138 Å². The van der Waals surface area contributed by atoms with E-state index in [0.29, 0.717) is 18.9 Å². The van der Waals surface area contributed by atoms with Crippen LogP contribution >= 0.6 is 0 Å². The van der Waals surface area contributed by atoms with Crippen LogP contribution in [-0.4, -0.2) is 29.2 Å². The van der Waals surface area contributed by atoms with Crippen molar-refractivity contribution in [3.8, 4) is 0 Å². The highest BCUT2D eigenvalue weighted by atomic mass is 19.2. The molecule has 1 amide bonds. The highest BCUT2D eigenvalue weighted by Crippen LogP contribution is 2.25. The lowest BCUT2D eigenvalue weighted by molar-refractivity contribution is -0.0318. The van der Waals surface area contributed by atoms with Gasteiger partial charge in [0.15, 0.2) is 11.6 Å². The second-order valence-electron chi connectivity index (χ2n) is 6.45. The summed E-state index contributed by atoms with van der Waals surface area (Å²) in [5, 5.41) is 5.92. The van der Waals surface area contributed by atoms with Gasteiger partial charge < -0.3 is 19.9 Å². The Morgan fingerprint density at radius 3 is 2.54 bits per heavy atom. The molecule has 5 nitrogen and oxygen atoms in total. The van der Waals surface area contributed by atoms with Gasteiger partial charge >= 0.3 is 0 Å². The zero-order chi connectivity index (χ0) is 17.5. The van der Waals surface area contributed by atoms with E-state index in [2.05, 4.69) is 10.6 Å². The van der Waals surface area contributed by atoms with Crippen molar-refractivity contribution < 1.29 is 18.3 Å². The molecule has 1 aromatic carbocycles. The lowest BCUT2D eigenvalue weighted by atomic mass is 10.0. The third kappa shape index (κ3) is 3.12. The Bertz CT molecular complexity index is 774. The van der Waals surface area contributed by atoms with Crippen molar-refractivity contribution in [1.29, 1.82) is 0 Å². The van der Waals surface area contributed by atoms with E-state index >= 15 is 0 Å². The number of ether oxygens (including phenoxy) is 1. The van der Waals surface area contributed by atoms with Gasteiger partial charge in [-0.15, -0.1) is 0 Å². The normalized spacial score (nSPS) is 15.7. The first-order valence-electron chi connectivity index (χ1n) is 7.57. The van der Waals surface area contributed by atoms with Gasteiger partial charge in [0.2, 0.25) is 0 Å². The fourth-order valence-electron chi connectivity index (χ4n) is 2.68. The zero-order valence-electron chi connectivity index (χ0n) is 13.7. The van der Waals surface area contributed by atoms with E-state index in [1.807, 2.05) is 6.92 Å². The fourth-order valence-corrected chi connectivity index (χ4v) is 2.68. The molecule has 7 heteroatoms. The number of anilines is 2. The molecule has 3 rings (SSSR count). The van der Waals surface area contributed by atoms with Gasteiger partial charge in [-0.1, -0.05) is 0 Å². The molecular weight excluding hydrogens is 316 g/mol. The summed E-state index contributed by atoms with van der Waals surface area (Å²) in [4.78, 5) is 12.4. The van der Waals surface area contributed by atoms with E-state index in [4.69, 9.17) is 4.74 Å². The maximum absolute atomic E-state index is 13.5. The predicted octanol–water partition coefficient (Wildman–Crippen LogP) is 3.06. The van der Waals surface area contributed by atoms with Gasteiger partial charge in [-0.3, -0.25) is 4.79 Å². The average molecular weight is 335 g/mol. The molecule has 2 heterocycles. The summed E-state index contributed by atoms with van der Waals surface area (Å²) in [6.07, 6.45) is 1.80. The Kier molecular flexibility index (Phi) is 4.04. The molecule has 128 valence electrons. The number of carbonyl (C=O) groups excluding carboxylic acids is 1. The monoisotopic (exact) mass is 335 g/mol. The standard InChI is InChI=1S/C17H19F2N3O2/c1-10-4-11(5-13(18)15(10)19)20-16(23)14-6-12(7-22(14)3)21-17(2)8-24-9-17/h4-7,21H,8-9H2,1-3H3,(H,20,23). The fraction of sp³-hybridized carbons (Fsp3) is 0.353. The van der Waals surface area contributed by atoms with Gasteiger partial charge in [0.1, 0.15) is 5.69 Å². The van der Waals surface area contributed by atoms with Gasteiger partial charge in [-0.2, -0.15) is 0 Å². The number of aryl methyl sites for hydroxylation is 2. The molecule has 1 aromatic heterocycles. The third-order valence-electron chi connectivity index (χ3n) is 3.99. The lowest BCUT2D eigenvalue weighted by Crippen LogP contribution is -2.53. The molecule has 24 heavy (non-hydrogen) atoms. The largest absolute Gasteiger partial charge is 0.376 e. The summed E-state index contributed by atoms with van der Waals surface area (Å²) < 4.78 is 33.6. The molecule has 0 aliphatic carbocycles. The van der Waals surface area contributed by atoms with Crippen LogP contribution in [0.25, 0.3) is 0 Å². The van der Waals surface area contributed by atoms with Gasteiger partial charge in [0.25, 0.3) is 5.91 Å². The summed E-state index contributed by atoms with van der Waals surface area (Å²) in [6, 6.07) is 4.08. The van der Waals surface area contributed by atoms with E-state index in [1.54, 1.807) is 23.9 Å². The molecular formula is C17H19F2N3O2. The Morgan fingerprint density at radius 2 is 1.96 bits per heavy atom. The predicted molar refractivity (Wildman–Crippen MR) is 87.3 cm³/mol. The Balaban J connectivity index is 1.76. The zero-order valence-corrected chi connectivity index (χ0v) is 13.7. The number of nitrogens with one attached hydrogen (secondary N) is 2. The number of aromatic nitrogens is 1. The van der Waals surface area contributed by atoms with Crippen LogP contribution in [-0.2, 0) is 11.8 Å². The minimum atomic E-state index is -0.988. The number of nitrogens with zero attached hydrogens (tertiary/aromatic N) is 1. The topological polar surface area (TPSA) is 55.3 Å². The molecule has 0 spiro atoms. The van der Waals surface area contributed by atoms with Crippen molar-refractivity contribution in [3.05, 3.63) is 47.3 Å². The number of hydrogen-bond acceptors (Lipinski definition) is 3. The SMILES string of the molecule is Cc1cc(NC(=O)c2cc(NC3(C)COC3)cn2C)cc(F)c1F. The summed E-state index contributed by atoms with van der Waals surface area (Å²) in [5.74, 6) is -2.29. The Morgan fingerprint density at radius 1 is 1.25 bits per heavy atom. The van der Waals surface area contributed by atoms with Crippen molar-refractivity contribution in [2.75, 3.05) is 23.8 Å². The molecule has 2 N–H and O–H groups in total. The molecule has 0 bridgehead atoms. The highest BCUT2D eigenvalue weighted by Gasteiger charge is 2.33. The van der Waals surface area contributed by atoms with Crippen LogP contribution in [0.1, 0.15) is 23.0 Å². The molecule has 0 radical (unpaired) electrons. The summed E-state index contributed by atoms with van der Waals surface area (Å²) >= 11 is 0. The minimum absolute atomic E-state index is 0.133. The van der Waals surface area contributed by atoms with Crippen LogP contribution in [0.15, 0.2) is 24.4 Å². The molecule has 0 saturated carbocycles. The molecule has 1 fully saturated rings. The number of amides is 1. The van der Waals surface area contributed by atoms with Crippen LogP contribution in [0, 0.1) is 18.6 Å². The maximum atomic E-state index is 13.5. The van der Waals surface area contributed by atoms with Crippen molar-refractivity contribution in [3.63, 3.8) is 0 Å². The van der Waals surface area contributed by atoms with Gasteiger partial charge in [-0.05, 0) is 31.5 Å². The van der Waals surface area contributed by atoms with Gasteiger partial charge in [0, 0.05) is 25.0 Å². The number of hydrogen-bond donors (Lipinski definition) is 2. The maximum Gasteiger partial charge on any atom is 0.272 e. The van der Waals surface area contributed by atoms with Crippen LogP contribution in [0.3, 0.4) is 0 Å². The quantitative estimate of drug-likeness (QED) is 0.903. The number of halogens is 2. The van der Waals surface area contributed by atoms with Crippen LogP contribution in [0.4, 0.5) is 20.2 Å². The van der Waals surface area contributed by atoms with E-state index in [9.17, 15) is 13.6 Å². The number of carbonyl (C=O) groups is 1. The molecule has 0 unspecified atom stereocenters. The van der Waals surface area contributed by atoms with Gasteiger partial charge in [0.05, 0.1) is 24.4 Å². The third-order valence-corrected chi connectivity index (χ3v) is 3.99. The van der Waals surface area contributed by atoms with E-state index in [1.165, 1.54) is 13.0 Å². The number of benzene rings is 1. The van der Waals surface area contributed by atoms with Crippen LogP contribution in [0.5, 0.6) is 0 Å². The average Bonchev–Trinajstić information content (AvgIpc) is 2.83. The van der Waals surface area contributed by atoms with Crippen LogP contribution in [0.2, 0.25) is 0 Å². The van der Waals surface area contributed by atoms with Crippen molar-refractivity contribution >= 4 is 17.3 Å². The number of rotatable bonds is 4. The first kappa shape index (κ1) is 16.4. The van der Waals surface area contributed by atoms with E-state index in [-0.39, 0.29) is 16.8 Å². The molecule has 1 aliphatic rings. The second-order valence-corrected chi connectivity index (χ2v) is 6.45. The Hall–Kier alpha value is -2.41. The van der Waals surface area contributed by atoms with Crippen molar-refractivity contribution in [2.24, 2.45) is 7.05 Å². The molecule has 1 aliphatic heterocycles. The molecule has 1 saturated heterocycles. The highest BCUT2D eigenvalue weighted by molar-refractivity contribution is 6.04. The van der Waals surface area contributed by atoms with E-state index < -0.39 is 17.5 Å². The second kappa shape index (κ2) is 5.90. The first-order valence-corrected chi connectivity index (χ1v) is 7.57. The van der Waals surface area contributed by atoms with Crippen molar-refractivity contribution in [1.82, 2.24) is 4.57 Å². The summed E-state index contributed by atoms with van der Waals surface area (Å²) in [6.45, 7) is 4.70. The van der Waals surface area contributed by atoms with Gasteiger partial charge in [-0.25, -0.2) is 8.78 Å². The van der Waals surface area contributed by atoms with E-state index in [0.717, 1.165) is 11.8 Å². The first-order chi connectivity index (χ1) is 11.3. The molecule has 0 atom stereocenters. The summed E-state index contributed by atoms with van der Waals surface area (Å²) in [5.41, 5.74) is 1.43.